The van der Waals surface area contributed by atoms with Crippen molar-refractivity contribution >= 4 is 76.3 Å². The van der Waals surface area contributed by atoms with Gasteiger partial charge in [0.05, 0.1) is 13.2 Å². The summed E-state index contributed by atoms with van der Waals surface area (Å²) in [6.45, 7) is 28.9. The minimum atomic E-state index is -3.10. The summed E-state index contributed by atoms with van der Waals surface area (Å²) >= 11 is 0. The van der Waals surface area contributed by atoms with E-state index in [0.29, 0.717) is 6.61 Å². The van der Waals surface area contributed by atoms with Crippen LogP contribution in [0.2, 0.25) is 132 Å². The largest absolute Gasteiger partial charge is 0.500 e. The van der Waals surface area contributed by atoms with E-state index < -0.39 is 76.3 Å². The molecule has 95 heavy (non-hydrogen) atoms. The van der Waals surface area contributed by atoms with Crippen LogP contribution in [-0.4, -0.2) is 154 Å². The second-order valence-electron chi connectivity index (χ2n) is 31.7. The van der Waals surface area contributed by atoms with Crippen LogP contribution in [0.4, 0.5) is 0 Å². The quantitative estimate of drug-likeness (QED) is 0.0248. The van der Waals surface area contributed by atoms with Crippen molar-refractivity contribution in [1.82, 2.24) is 0 Å². The van der Waals surface area contributed by atoms with Gasteiger partial charge in [0.1, 0.15) is 0 Å². The molecule has 0 bridgehead atoms. The third-order valence-electron chi connectivity index (χ3n) is 20.5. The van der Waals surface area contributed by atoms with Crippen LogP contribution >= 0.6 is 0 Å². The lowest BCUT2D eigenvalue weighted by Gasteiger charge is -2.45. The van der Waals surface area contributed by atoms with Crippen LogP contribution in [0.3, 0.4) is 0 Å². The van der Waals surface area contributed by atoms with Crippen molar-refractivity contribution in [2.24, 2.45) is 0 Å². The molecular weight excluding hydrogens is 1340 g/mol. The van der Waals surface area contributed by atoms with Gasteiger partial charge in [-0.25, -0.2) is 9.78 Å². The van der Waals surface area contributed by atoms with E-state index in [-0.39, 0.29) is 0 Å². The zero-order valence-electron chi connectivity index (χ0n) is 67.0. The smallest absolute Gasteiger partial charge is 0.417 e. The first kappa shape index (κ1) is 96.4. The first-order chi connectivity index (χ1) is 45.3. The van der Waals surface area contributed by atoms with Gasteiger partial charge in [-0.3, -0.25) is 0 Å². The first-order valence-corrected chi connectivity index (χ1v) is 63.5. The molecule has 0 amide bonds. The minimum absolute atomic E-state index is 0.638. The highest BCUT2D eigenvalue weighted by atomic mass is 28.5. The maximum atomic E-state index is 7.88. The predicted molar refractivity (Wildman–Crippen MR) is 427 cm³/mol. The molecule has 0 radical (unpaired) electrons. The monoisotopic (exact) mass is 1510 g/mol. The maximum absolute atomic E-state index is 7.88. The third-order valence-corrected chi connectivity index (χ3v) is 51.8. The highest BCUT2D eigenvalue weighted by Crippen LogP contribution is 2.37. The summed E-state index contributed by atoms with van der Waals surface area (Å²) < 4.78 is 74.9. The molecule has 14 nitrogen and oxygen atoms in total. The highest BCUT2D eigenvalue weighted by Gasteiger charge is 2.52. The fourth-order valence-electron chi connectivity index (χ4n) is 14.1. The van der Waals surface area contributed by atoms with E-state index >= 15 is 0 Å². The molecule has 0 N–H and O–H groups in total. The van der Waals surface area contributed by atoms with Crippen molar-refractivity contribution in [3.05, 3.63) is 0 Å². The van der Waals surface area contributed by atoms with Gasteiger partial charge in [-0.1, -0.05) is 269 Å². The SMILES string of the molecule is CCOOCCCCCCCCCCC[Si](C)(C)CCCCCCCC[Si](C)(C)CCCCCCCC[Si](O[Si](C)(C)CCCCCCCC[Si](OC)(OC)OC)(O[Si](C)(C)CCCCCCCC[Si](OC)(OC)OC)O[Si](C)(C)CCCCCCCC[Si](OC)(OC)OC. The van der Waals surface area contributed by atoms with Crippen molar-refractivity contribution < 1.29 is 62.0 Å². The summed E-state index contributed by atoms with van der Waals surface area (Å²) in [5.74, 6) is 0. The van der Waals surface area contributed by atoms with Crippen LogP contribution in [-0.2, 0) is 62.0 Å². The van der Waals surface area contributed by atoms with Crippen LogP contribution in [0, 0.1) is 0 Å². The molecule has 0 aliphatic heterocycles. The lowest BCUT2D eigenvalue weighted by molar-refractivity contribution is -0.291. The average molecular weight is 1510 g/mol. The summed E-state index contributed by atoms with van der Waals surface area (Å²) in [5, 5.41) is 0. The molecule has 0 saturated heterocycles. The summed E-state index contributed by atoms with van der Waals surface area (Å²) in [6.07, 6.45) is 50.2. The van der Waals surface area contributed by atoms with Crippen molar-refractivity contribution in [1.29, 1.82) is 0 Å². The van der Waals surface area contributed by atoms with E-state index in [9.17, 15) is 0 Å². The maximum Gasteiger partial charge on any atom is 0.500 e. The van der Waals surface area contributed by atoms with Gasteiger partial charge in [0, 0.05) is 104 Å². The summed E-state index contributed by atoms with van der Waals surface area (Å²) in [4.78, 5) is 10.1. The molecular formula is C72H164O14Si9. The Labute approximate surface area is 600 Å². The zero-order chi connectivity index (χ0) is 71.2. The Hall–Kier alpha value is 1.39. The van der Waals surface area contributed by atoms with Crippen LogP contribution in [0.5, 0.6) is 0 Å². The molecule has 0 saturated carbocycles. The molecule has 0 spiro atoms. The molecule has 0 aliphatic carbocycles. The van der Waals surface area contributed by atoms with Gasteiger partial charge in [-0.15, -0.1) is 0 Å². The van der Waals surface area contributed by atoms with Crippen molar-refractivity contribution in [3.63, 3.8) is 0 Å². The molecule has 23 heteroatoms. The second-order valence-corrected chi connectivity index (χ2v) is 68.1. The molecule has 0 atom stereocenters. The van der Waals surface area contributed by atoms with Crippen LogP contribution < -0.4 is 0 Å². The van der Waals surface area contributed by atoms with Crippen molar-refractivity contribution in [3.8, 4) is 0 Å². The molecule has 0 aromatic heterocycles. The normalized spacial score (nSPS) is 13.5. The molecule has 0 aliphatic rings. The fourth-order valence-corrected chi connectivity index (χ4v) is 42.9. The van der Waals surface area contributed by atoms with Crippen LogP contribution in [0.1, 0.15) is 257 Å². The Morgan fingerprint density at radius 2 is 0.347 bits per heavy atom. The van der Waals surface area contributed by atoms with E-state index in [4.69, 9.17) is 62.0 Å². The number of rotatable bonds is 74. The van der Waals surface area contributed by atoms with E-state index in [2.05, 4.69) is 65.5 Å². The fraction of sp³-hybridized carbons (Fsp3) is 1.00. The van der Waals surface area contributed by atoms with Gasteiger partial charge in [0.2, 0.25) is 0 Å². The predicted octanol–water partition coefficient (Wildman–Crippen LogP) is 23.8. The van der Waals surface area contributed by atoms with E-state index in [1.165, 1.54) is 242 Å². The third kappa shape index (κ3) is 51.3. The molecule has 0 aromatic carbocycles. The van der Waals surface area contributed by atoms with E-state index in [0.717, 1.165) is 81.0 Å². The Bertz CT molecular complexity index is 1570. The molecule has 572 valence electrons. The van der Waals surface area contributed by atoms with Gasteiger partial charge in [0.15, 0.2) is 25.0 Å². The lowest BCUT2D eigenvalue weighted by Crippen LogP contribution is -2.61. The van der Waals surface area contributed by atoms with Gasteiger partial charge in [-0.05, 0) is 96.4 Å². The Morgan fingerprint density at radius 1 is 0.179 bits per heavy atom. The molecule has 0 rings (SSSR count). The Kier molecular flexibility index (Phi) is 58.5. The van der Waals surface area contributed by atoms with Gasteiger partial charge in [-0.2, -0.15) is 0 Å². The summed E-state index contributed by atoms with van der Waals surface area (Å²) in [5.41, 5.74) is 0. The van der Waals surface area contributed by atoms with E-state index in [1.54, 1.807) is 64.0 Å². The minimum Gasteiger partial charge on any atom is -0.417 e. The van der Waals surface area contributed by atoms with E-state index in [1.807, 2.05) is 6.92 Å². The molecule has 0 fully saturated rings. The topological polar surface area (TPSA) is 129 Å². The Balaban J connectivity index is 5.71. The highest BCUT2D eigenvalue weighted by molar-refractivity contribution is 6.90. The molecule has 0 aromatic rings. The summed E-state index contributed by atoms with van der Waals surface area (Å²) in [7, 11) is -3.96. The van der Waals surface area contributed by atoms with Gasteiger partial charge in [0.25, 0.3) is 0 Å². The van der Waals surface area contributed by atoms with Gasteiger partial charge >= 0.3 is 35.2 Å². The lowest BCUT2D eigenvalue weighted by atomic mass is 10.1. The average Bonchev–Trinajstić information content (AvgIpc) is 0.795. The first-order valence-electron chi connectivity index (χ1n) is 39.6. The number of hydrogen-bond donors (Lipinski definition) is 0. The Morgan fingerprint density at radius 3 is 0.547 bits per heavy atom. The molecule has 0 unspecified atom stereocenters. The van der Waals surface area contributed by atoms with Crippen molar-refractivity contribution in [2.45, 2.75) is 389 Å². The van der Waals surface area contributed by atoms with Crippen LogP contribution in [0.15, 0.2) is 0 Å². The zero-order valence-corrected chi connectivity index (χ0v) is 76.0. The second kappa shape index (κ2) is 57.7. The molecule has 0 heterocycles. The standard InChI is InChI=1S/C72H164O14Si9/c1-21-82-83-61-49-37-25-23-22-24-26-38-50-62-87(11,12)63-51-39-27-28-40-52-64-88(13,14)65-53-41-29-33-48-60-72-95(84-89(15,16)66-54-42-30-34-45-57-69-92(73-2,74-3)75-4,85-90(17,18)67-55-43-31-35-46-58-70-93(76-5,77-6)78-7)86-91(19,20)68-56-44-32-36-47-59-71-94(79-8,80-9)81-10/h21-72H2,1-20H3. The van der Waals surface area contributed by atoms with Crippen molar-refractivity contribution in [2.75, 3.05) is 77.2 Å². The summed E-state index contributed by atoms with van der Waals surface area (Å²) in [6, 6.07) is 13.1. The van der Waals surface area contributed by atoms with Gasteiger partial charge < -0.3 is 52.2 Å². The number of hydrogen-bond acceptors (Lipinski definition) is 14. The number of unbranched alkanes of at least 4 members (excludes halogenated alkanes) is 33. The van der Waals surface area contributed by atoms with Crippen LogP contribution in [0.25, 0.3) is 0 Å².